The smallest absolute Gasteiger partial charge is 0.191 e. The van der Waals surface area contributed by atoms with Crippen LogP contribution in [0.15, 0.2) is 58.1 Å². The van der Waals surface area contributed by atoms with Crippen molar-refractivity contribution < 1.29 is 9.15 Å². The van der Waals surface area contributed by atoms with Crippen LogP contribution in [0.1, 0.15) is 24.7 Å². The quantitative estimate of drug-likeness (QED) is 0.341. The molecule has 1 aromatic heterocycles. The molecule has 0 aliphatic heterocycles. The predicted octanol–water partition coefficient (Wildman–Crippen LogP) is 2.87. The summed E-state index contributed by atoms with van der Waals surface area (Å²) in [5.74, 6) is 1.71. The van der Waals surface area contributed by atoms with Crippen LogP contribution in [0.3, 0.4) is 0 Å². The molecule has 0 radical (unpaired) electrons. The van der Waals surface area contributed by atoms with E-state index in [2.05, 4.69) is 58.8 Å². The van der Waals surface area contributed by atoms with Gasteiger partial charge < -0.3 is 24.7 Å². The van der Waals surface area contributed by atoms with Crippen LogP contribution >= 0.6 is 0 Å². The summed E-state index contributed by atoms with van der Waals surface area (Å²) < 4.78 is 10.8. The Hall–Kier alpha value is -2.31. The molecule has 0 fully saturated rings. The van der Waals surface area contributed by atoms with Crippen molar-refractivity contribution in [3.8, 4) is 0 Å². The third-order valence-electron chi connectivity index (χ3n) is 3.97. The number of benzene rings is 1. The molecule has 0 aliphatic carbocycles. The van der Waals surface area contributed by atoms with E-state index in [0.29, 0.717) is 13.2 Å². The van der Waals surface area contributed by atoms with Gasteiger partial charge in [-0.25, -0.2) is 0 Å². The minimum atomic E-state index is 0.517. The fraction of sp³-hybridized carbons (Fsp3) is 0.476. The number of furan rings is 1. The number of ether oxygens (including phenoxy) is 1. The number of likely N-dealkylation sites (N-methyl/N-ethyl adjacent to an activating group) is 1. The fourth-order valence-corrected chi connectivity index (χ4v) is 2.61. The minimum Gasteiger partial charge on any atom is -0.467 e. The van der Waals surface area contributed by atoms with Gasteiger partial charge in [-0.15, -0.1) is 0 Å². The van der Waals surface area contributed by atoms with Gasteiger partial charge in [-0.2, -0.15) is 0 Å². The first-order valence-electron chi connectivity index (χ1n) is 9.62. The molecule has 0 amide bonds. The second-order valence-electron chi connectivity index (χ2n) is 6.40. The third kappa shape index (κ3) is 9.26. The summed E-state index contributed by atoms with van der Waals surface area (Å²) >= 11 is 0. The van der Waals surface area contributed by atoms with Gasteiger partial charge in [-0.1, -0.05) is 30.3 Å². The Morgan fingerprint density at radius 3 is 2.74 bits per heavy atom. The van der Waals surface area contributed by atoms with Crippen molar-refractivity contribution in [2.75, 3.05) is 39.8 Å². The van der Waals surface area contributed by atoms with Crippen molar-refractivity contribution in [3.05, 3.63) is 60.1 Å². The van der Waals surface area contributed by atoms with E-state index in [0.717, 1.165) is 50.9 Å². The van der Waals surface area contributed by atoms with Gasteiger partial charge in [0.25, 0.3) is 0 Å². The third-order valence-corrected chi connectivity index (χ3v) is 3.97. The standard InChI is InChI=1S/C21H32N4O2/c1-3-22-21(23-12-8-15-26-18-20-11-7-16-27-20)24-13-14-25(2)17-19-9-5-4-6-10-19/h4-7,9-11,16H,3,8,12-15,17-18H2,1-2H3,(H2,22,23,24). The molecule has 2 aromatic rings. The lowest BCUT2D eigenvalue weighted by atomic mass is 10.2. The first kappa shape index (κ1) is 21.0. The van der Waals surface area contributed by atoms with E-state index in [1.807, 2.05) is 18.2 Å². The highest BCUT2D eigenvalue weighted by atomic mass is 16.5. The van der Waals surface area contributed by atoms with Crippen LogP contribution in [0, 0.1) is 0 Å². The Balaban J connectivity index is 1.59. The lowest BCUT2D eigenvalue weighted by Gasteiger charge is -2.18. The Labute approximate surface area is 162 Å². The van der Waals surface area contributed by atoms with E-state index in [9.17, 15) is 0 Å². The molecule has 0 saturated heterocycles. The summed E-state index contributed by atoms with van der Waals surface area (Å²) in [7, 11) is 2.13. The molecular weight excluding hydrogens is 340 g/mol. The second-order valence-corrected chi connectivity index (χ2v) is 6.40. The minimum absolute atomic E-state index is 0.517. The molecule has 1 aromatic carbocycles. The maximum Gasteiger partial charge on any atom is 0.191 e. The number of nitrogens with one attached hydrogen (secondary N) is 2. The SMILES string of the molecule is CCNC(=NCCCOCc1ccco1)NCCN(C)Cc1ccccc1. The zero-order chi connectivity index (χ0) is 19.2. The van der Waals surface area contributed by atoms with Crippen LogP contribution in [-0.4, -0.2) is 50.7 Å². The van der Waals surface area contributed by atoms with E-state index in [-0.39, 0.29) is 0 Å². The number of hydrogen-bond donors (Lipinski definition) is 2. The molecule has 6 heteroatoms. The van der Waals surface area contributed by atoms with E-state index in [1.165, 1.54) is 5.56 Å². The van der Waals surface area contributed by atoms with Crippen molar-refractivity contribution in [1.29, 1.82) is 0 Å². The zero-order valence-electron chi connectivity index (χ0n) is 16.5. The van der Waals surface area contributed by atoms with Gasteiger partial charge in [0, 0.05) is 39.3 Å². The number of nitrogens with zero attached hydrogens (tertiary/aromatic N) is 2. The molecule has 1 heterocycles. The first-order valence-corrected chi connectivity index (χ1v) is 9.62. The molecule has 0 spiro atoms. The largest absolute Gasteiger partial charge is 0.467 e. The summed E-state index contributed by atoms with van der Waals surface area (Å²) in [6.07, 6.45) is 2.54. The Morgan fingerprint density at radius 1 is 1.15 bits per heavy atom. The average Bonchev–Trinajstić information content (AvgIpc) is 3.18. The van der Waals surface area contributed by atoms with Crippen LogP contribution in [0.4, 0.5) is 0 Å². The van der Waals surface area contributed by atoms with Crippen molar-refractivity contribution in [1.82, 2.24) is 15.5 Å². The molecule has 2 N–H and O–H groups in total. The van der Waals surface area contributed by atoms with Crippen LogP contribution < -0.4 is 10.6 Å². The second kappa shape index (κ2) is 12.9. The maximum absolute atomic E-state index is 5.58. The molecule has 0 bridgehead atoms. The maximum atomic E-state index is 5.58. The Kier molecular flexibility index (Phi) is 10.1. The van der Waals surface area contributed by atoms with Crippen molar-refractivity contribution in [2.45, 2.75) is 26.5 Å². The van der Waals surface area contributed by atoms with Gasteiger partial charge in [-0.05, 0) is 38.1 Å². The number of hydrogen-bond acceptors (Lipinski definition) is 4. The van der Waals surface area contributed by atoms with E-state index >= 15 is 0 Å². The van der Waals surface area contributed by atoms with Crippen molar-refractivity contribution in [3.63, 3.8) is 0 Å². The molecule has 27 heavy (non-hydrogen) atoms. The number of guanidine groups is 1. The fourth-order valence-electron chi connectivity index (χ4n) is 2.61. The van der Waals surface area contributed by atoms with Crippen LogP contribution in [0.2, 0.25) is 0 Å². The van der Waals surface area contributed by atoms with Gasteiger partial charge in [0.1, 0.15) is 12.4 Å². The van der Waals surface area contributed by atoms with Gasteiger partial charge in [0.2, 0.25) is 0 Å². The highest BCUT2D eigenvalue weighted by Crippen LogP contribution is 2.02. The predicted molar refractivity (Wildman–Crippen MR) is 110 cm³/mol. The van der Waals surface area contributed by atoms with Crippen molar-refractivity contribution in [2.24, 2.45) is 4.99 Å². The highest BCUT2D eigenvalue weighted by Gasteiger charge is 2.02. The molecule has 0 aliphatic rings. The van der Waals surface area contributed by atoms with Gasteiger partial charge in [-0.3, -0.25) is 4.99 Å². The zero-order valence-corrected chi connectivity index (χ0v) is 16.5. The topological polar surface area (TPSA) is 62.0 Å². The molecular formula is C21H32N4O2. The molecule has 148 valence electrons. The highest BCUT2D eigenvalue weighted by molar-refractivity contribution is 5.79. The molecule has 0 saturated carbocycles. The summed E-state index contributed by atoms with van der Waals surface area (Å²) in [5, 5.41) is 6.68. The van der Waals surface area contributed by atoms with E-state index in [1.54, 1.807) is 6.26 Å². The molecule has 2 rings (SSSR count). The van der Waals surface area contributed by atoms with Gasteiger partial charge in [0.05, 0.1) is 6.26 Å². The monoisotopic (exact) mass is 372 g/mol. The Bertz CT molecular complexity index is 629. The van der Waals surface area contributed by atoms with E-state index < -0.39 is 0 Å². The van der Waals surface area contributed by atoms with Crippen LogP contribution in [-0.2, 0) is 17.9 Å². The van der Waals surface area contributed by atoms with Gasteiger partial charge >= 0.3 is 0 Å². The summed E-state index contributed by atoms with van der Waals surface area (Å²) in [6, 6.07) is 14.3. The van der Waals surface area contributed by atoms with Gasteiger partial charge in [0.15, 0.2) is 5.96 Å². The van der Waals surface area contributed by atoms with Crippen LogP contribution in [0.25, 0.3) is 0 Å². The normalized spacial score (nSPS) is 11.7. The Morgan fingerprint density at radius 2 is 2.00 bits per heavy atom. The number of rotatable bonds is 12. The lowest BCUT2D eigenvalue weighted by molar-refractivity contribution is 0.105. The molecule has 0 unspecified atom stereocenters. The average molecular weight is 373 g/mol. The van der Waals surface area contributed by atoms with E-state index in [4.69, 9.17) is 9.15 Å². The summed E-state index contributed by atoms with van der Waals surface area (Å²) in [6.45, 7) is 7.59. The first-order chi connectivity index (χ1) is 13.3. The summed E-state index contributed by atoms with van der Waals surface area (Å²) in [5.41, 5.74) is 1.33. The van der Waals surface area contributed by atoms with Crippen molar-refractivity contribution >= 4 is 5.96 Å². The number of aliphatic imine (C=N–C) groups is 1. The molecule has 0 atom stereocenters. The lowest BCUT2D eigenvalue weighted by Crippen LogP contribution is -2.41. The summed E-state index contributed by atoms with van der Waals surface area (Å²) in [4.78, 5) is 6.90. The molecule has 6 nitrogen and oxygen atoms in total. The van der Waals surface area contributed by atoms with Crippen LogP contribution in [0.5, 0.6) is 0 Å².